The molecule has 0 bridgehead atoms. The first-order valence-corrected chi connectivity index (χ1v) is 11.9. The lowest BCUT2D eigenvalue weighted by Crippen LogP contribution is -2.19. The zero-order valence-electron chi connectivity index (χ0n) is 21.7. The fourth-order valence-corrected chi connectivity index (χ4v) is 3.76. The summed E-state index contributed by atoms with van der Waals surface area (Å²) in [5.74, 6) is 0.104. The minimum Gasteiger partial charge on any atom is -0.452 e. The molecule has 184 valence electrons. The molecule has 6 nitrogen and oxygen atoms in total. The number of ether oxygens (including phenoxy) is 2. The molecule has 0 N–H and O–H groups in total. The van der Waals surface area contributed by atoms with Crippen LogP contribution in [0.5, 0.6) is 0 Å². The number of aromatic nitrogens is 2. The van der Waals surface area contributed by atoms with E-state index in [4.69, 9.17) is 9.47 Å². The second-order valence-electron chi connectivity index (χ2n) is 9.40. The predicted molar refractivity (Wildman–Crippen MR) is 141 cm³/mol. The number of aliphatic imine (C=N–C) groups is 1. The Morgan fingerprint density at radius 2 is 1.71 bits per heavy atom. The average molecular weight is 474 g/mol. The Morgan fingerprint density at radius 1 is 1.06 bits per heavy atom. The molecule has 0 radical (unpaired) electrons. The van der Waals surface area contributed by atoms with E-state index in [-0.39, 0.29) is 5.41 Å². The molecule has 0 amide bonds. The molecule has 0 aliphatic carbocycles. The van der Waals surface area contributed by atoms with Crippen LogP contribution in [-0.4, -0.2) is 35.3 Å². The van der Waals surface area contributed by atoms with Crippen molar-refractivity contribution in [2.75, 3.05) is 7.05 Å². The van der Waals surface area contributed by atoms with Crippen molar-refractivity contribution >= 4 is 23.5 Å². The van der Waals surface area contributed by atoms with Crippen molar-refractivity contribution in [1.29, 1.82) is 0 Å². The van der Waals surface area contributed by atoms with Gasteiger partial charge in [0.15, 0.2) is 5.76 Å². The standard InChI is InChI=1S/C29H35N3O3/c1-8-32-26(18-20(2)31-32)27(34-21(3)35-28(33)23-12-10-9-11-13-23)25(19-30-7)22-14-16-24(17-15-22)29(4,5)6/h9-19,21H,8H2,1-7H3/b27-25-,30-19-. The van der Waals surface area contributed by atoms with Crippen LogP contribution in [0.25, 0.3) is 11.3 Å². The number of carbonyl (C=O) groups excluding carboxylic acids is 1. The van der Waals surface area contributed by atoms with E-state index in [1.54, 1.807) is 44.5 Å². The maximum atomic E-state index is 12.6. The lowest BCUT2D eigenvalue weighted by molar-refractivity contribution is -0.0514. The Balaban J connectivity index is 2.07. The lowest BCUT2D eigenvalue weighted by Gasteiger charge is -2.22. The predicted octanol–water partition coefficient (Wildman–Crippen LogP) is 6.30. The number of carbonyl (C=O) groups is 1. The summed E-state index contributed by atoms with van der Waals surface area (Å²) in [6.07, 6.45) is 0.933. The van der Waals surface area contributed by atoms with Gasteiger partial charge in [0.1, 0.15) is 5.69 Å². The first-order chi connectivity index (χ1) is 16.6. The largest absolute Gasteiger partial charge is 0.452 e. The Morgan fingerprint density at radius 3 is 2.29 bits per heavy atom. The molecule has 1 unspecified atom stereocenters. The number of allylic oxidation sites excluding steroid dienone is 1. The number of rotatable bonds is 8. The highest BCUT2D eigenvalue weighted by molar-refractivity contribution is 6.18. The molecule has 3 aromatic rings. The Bertz CT molecular complexity index is 1200. The van der Waals surface area contributed by atoms with E-state index >= 15 is 0 Å². The third-order valence-corrected chi connectivity index (χ3v) is 5.57. The first-order valence-electron chi connectivity index (χ1n) is 11.9. The molecule has 0 aliphatic rings. The second-order valence-corrected chi connectivity index (χ2v) is 9.40. The van der Waals surface area contributed by atoms with Crippen molar-refractivity contribution in [3.8, 4) is 0 Å². The third-order valence-electron chi connectivity index (χ3n) is 5.57. The molecule has 35 heavy (non-hydrogen) atoms. The van der Waals surface area contributed by atoms with E-state index in [9.17, 15) is 4.79 Å². The molecule has 2 aromatic carbocycles. The fraction of sp³-hybridized carbons (Fsp3) is 0.345. The molecule has 1 atom stereocenters. The second kappa shape index (κ2) is 11.2. The smallest absolute Gasteiger partial charge is 0.341 e. The van der Waals surface area contributed by atoms with Crippen LogP contribution in [0.1, 0.15) is 67.5 Å². The third kappa shape index (κ3) is 6.47. The van der Waals surface area contributed by atoms with E-state index in [1.165, 1.54) is 5.56 Å². The van der Waals surface area contributed by atoms with Gasteiger partial charge in [-0.3, -0.25) is 9.67 Å². The van der Waals surface area contributed by atoms with Crippen LogP contribution < -0.4 is 0 Å². The summed E-state index contributed by atoms with van der Waals surface area (Å²) in [5, 5.41) is 4.60. The molecule has 0 saturated heterocycles. The van der Waals surface area contributed by atoms with E-state index < -0.39 is 12.3 Å². The molecule has 0 saturated carbocycles. The minimum absolute atomic E-state index is 0.0404. The van der Waals surface area contributed by atoms with Gasteiger partial charge in [-0.15, -0.1) is 0 Å². The number of hydrogen-bond donors (Lipinski definition) is 0. The zero-order chi connectivity index (χ0) is 25.6. The summed E-state index contributed by atoms with van der Waals surface area (Å²) < 4.78 is 13.8. The SMILES string of the molecule is CCn1nc(C)cc1/C(OC(C)OC(=O)c1ccccc1)=C(\C=N/C)c1ccc(C(C)(C)C)cc1. The maximum absolute atomic E-state index is 12.6. The molecule has 0 aliphatic heterocycles. The van der Waals surface area contributed by atoms with Gasteiger partial charge in [0.2, 0.25) is 6.29 Å². The van der Waals surface area contributed by atoms with Gasteiger partial charge < -0.3 is 9.47 Å². The van der Waals surface area contributed by atoms with Crippen molar-refractivity contribution < 1.29 is 14.3 Å². The molecule has 3 rings (SSSR count). The van der Waals surface area contributed by atoms with Gasteiger partial charge in [-0.25, -0.2) is 4.79 Å². The zero-order valence-corrected chi connectivity index (χ0v) is 21.7. The number of aryl methyl sites for hydroxylation is 2. The van der Waals surface area contributed by atoms with Crippen LogP contribution in [-0.2, 0) is 21.4 Å². The molecular formula is C29H35N3O3. The van der Waals surface area contributed by atoms with Crippen LogP contribution in [0.15, 0.2) is 65.7 Å². The van der Waals surface area contributed by atoms with Gasteiger partial charge in [0.25, 0.3) is 0 Å². The summed E-state index contributed by atoms with van der Waals surface area (Å²) in [7, 11) is 1.72. The van der Waals surface area contributed by atoms with Gasteiger partial charge in [-0.2, -0.15) is 5.10 Å². The molecule has 0 spiro atoms. The van der Waals surface area contributed by atoms with Crippen molar-refractivity contribution in [3.63, 3.8) is 0 Å². The summed E-state index contributed by atoms with van der Waals surface area (Å²) >= 11 is 0. The highest BCUT2D eigenvalue weighted by Crippen LogP contribution is 2.31. The van der Waals surface area contributed by atoms with Crippen molar-refractivity contribution in [2.24, 2.45) is 4.99 Å². The number of nitrogens with zero attached hydrogens (tertiary/aromatic N) is 3. The van der Waals surface area contributed by atoms with Crippen LogP contribution >= 0.6 is 0 Å². The Kier molecular flexibility index (Phi) is 8.28. The van der Waals surface area contributed by atoms with Crippen molar-refractivity contribution in [2.45, 2.75) is 59.8 Å². The normalized spacial score (nSPS) is 13.5. The minimum atomic E-state index is -0.840. The highest BCUT2D eigenvalue weighted by Gasteiger charge is 2.22. The summed E-state index contributed by atoms with van der Waals surface area (Å²) in [6, 6.07) is 19.2. The van der Waals surface area contributed by atoms with E-state index in [1.807, 2.05) is 30.7 Å². The molecule has 6 heteroatoms. The fourth-order valence-electron chi connectivity index (χ4n) is 3.76. The molecule has 1 aromatic heterocycles. The number of hydrogen-bond acceptors (Lipinski definition) is 5. The van der Waals surface area contributed by atoms with Gasteiger partial charge in [-0.1, -0.05) is 63.2 Å². The first kappa shape index (κ1) is 25.9. The molecule has 1 heterocycles. The van der Waals surface area contributed by atoms with Crippen LogP contribution in [0.3, 0.4) is 0 Å². The van der Waals surface area contributed by atoms with Crippen LogP contribution in [0, 0.1) is 6.92 Å². The van der Waals surface area contributed by atoms with Crippen molar-refractivity contribution in [3.05, 3.63) is 88.7 Å². The Labute approximate surface area is 208 Å². The topological polar surface area (TPSA) is 65.7 Å². The quantitative estimate of drug-likeness (QED) is 0.167. The number of esters is 1. The Hall–Kier alpha value is -3.67. The van der Waals surface area contributed by atoms with E-state index in [0.29, 0.717) is 17.9 Å². The monoisotopic (exact) mass is 473 g/mol. The lowest BCUT2D eigenvalue weighted by atomic mass is 9.86. The van der Waals surface area contributed by atoms with E-state index in [2.05, 4.69) is 55.1 Å². The maximum Gasteiger partial charge on any atom is 0.341 e. The van der Waals surface area contributed by atoms with Crippen LogP contribution in [0.2, 0.25) is 0 Å². The highest BCUT2D eigenvalue weighted by atomic mass is 16.7. The van der Waals surface area contributed by atoms with Gasteiger partial charge in [-0.05, 0) is 48.6 Å². The summed E-state index contributed by atoms with van der Waals surface area (Å²) in [6.45, 7) is 12.9. The summed E-state index contributed by atoms with van der Waals surface area (Å²) in [5.41, 5.74) is 5.13. The number of benzene rings is 2. The van der Waals surface area contributed by atoms with Crippen molar-refractivity contribution in [1.82, 2.24) is 9.78 Å². The van der Waals surface area contributed by atoms with Gasteiger partial charge in [0, 0.05) is 32.3 Å². The van der Waals surface area contributed by atoms with Gasteiger partial charge >= 0.3 is 5.97 Å². The molecule has 0 fully saturated rings. The average Bonchev–Trinajstić information content (AvgIpc) is 3.21. The molecular weight excluding hydrogens is 438 g/mol. The van der Waals surface area contributed by atoms with Crippen LogP contribution in [0.4, 0.5) is 0 Å². The van der Waals surface area contributed by atoms with E-state index in [0.717, 1.165) is 22.5 Å². The summed E-state index contributed by atoms with van der Waals surface area (Å²) in [4.78, 5) is 16.9. The van der Waals surface area contributed by atoms with Gasteiger partial charge in [0.05, 0.1) is 11.3 Å².